The monoisotopic (exact) mass is 241 g/mol. The molecule has 0 aliphatic heterocycles. The predicted octanol–water partition coefficient (Wildman–Crippen LogP) is 2.99. The van der Waals surface area contributed by atoms with Gasteiger partial charge in [0.1, 0.15) is 5.54 Å². The molecule has 0 heterocycles. The van der Waals surface area contributed by atoms with E-state index in [4.69, 9.17) is 0 Å². The zero-order valence-electron chi connectivity index (χ0n) is 10.2. The summed E-state index contributed by atoms with van der Waals surface area (Å²) in [6.07, 6.45) is 6.28. The van der Waals surface area contributed by atoms with Crippen LogP contribution in [-0.4, -0.2) is 11.9 Å². The van der Waals surface area contributed by atoms with E-state index in [9.17, 15) is 9.59 Å². The van der Waals surface area contributed by atoms with Crippen molar-refractivity contribution in [3.05, 3.63) is 35.4 Å². The Labute approximate surface area is 106 Å². The number of nitrogens with zero attached hydrogens (tertiary/aromatic N) is 1. The van der Waals surface area contributed by atoms with Gasteiger partial charge >= 0.3 is 0 Å². The highest BCUT2D eigenvalue weighted by Crippen LogP contribution is 2.50. The first-order valence-corrected chi connectivity index (χ1v) is 6.50. The summed E-state index contributed by atoms with van der Waals surface area (Å²) >= 11 is 0. The van der Waals surface area contributed by atoms with Crippen LogP contribution in [0.15, 0.2) is 29.3 Å². The van der Waals surface area contributed by atoms with Gasteiger partial charge in [0.2, 0.25) is 6.08 Å². The zero-order chi connectivity index (χ0) is 12.6. The van der Waals surface area contributed by atoms with Crippen LogP contribution in [0.2, 0.25) is 0 Å². The lowest BCUT2D eigenvalue weighted by atomic mass is 9.62. The fourth-order valence-electron chi connectivity index (χ4n) is 3.58. The van der Waals surface area contributed by atoms with Crippen LogP contribution in [-0.2, 0) is 10.3 Å². The van der Waals surface area contributed by atoms with Crippen molar-refractivity contribution in [3.8, 4) is 0 Å². The number of hydrogen-bond donors (Lipinski definition) is 0. The number of hydrogen-bond acceptors (Lipinski definition) is 3. The molecule has 3 nitrogen and oxygen atoms in total. The third-order valence-electron chi connectivity index (χ3n) is 4.41. The molecular weight excluding hydrogens is 226 g/mol. The number of fused-ring (bicyclic) bond motifs is 3. The van der Waals surface area contributed by atoms with Crippen LogP contribution >= 0.6 is 0 Å². The topological polar surface area (TPSA) is 46.5 Å². The van der Waals surface area contributed by atoms with Gasteiger partial charge in [0.05, 0.1) is 0 Å². The average molecular weight is 241 g/mol. The fraction of sp³-hybridized carbons (Fsp3) is 0.467. The van der Waals surface area contributed by atoms with E-state index in [1.165, 1.54) is 0 Å². The maximum Gasteiger partial charge on any atom is 0.235 e. The van der Waals surface area contributed by atoms with Gasteiger partial charge in [-0.1, -0.05) is 37.1 Å². The number of isocyanates is 1. The van der Waals surface area contributed by atoms with E-state index in [1.807, 2.05) is 24.3 Å². The molecule has 0 spiro atoms. The molecule has 0 saturated heterocycles. The number of carbonyl (C=O) groups is 1. The molecule has 0 bridgehead atoms. The molecule has 1 fully saturated rings. The second-order valence-electron chi connectivity index (χ2n) is 5.24. The van der Waals surface area contributed by atoms with Crippen molar-refractivity contribution in [2.75, 3.05) is 0 Å². The van der Waals surface area contributed by atoms with Gasteiger partial charge in [0, 0.05) is 12.0 Å². The Morgan fingerprint density at radius 2 is 2.11 bits per heavy atom. The SMILES string of the molecule is O=C=N[C@@]12CCCC[C@@H]1CC(=O)c1ccccc12. The first kappa shape index (κ1) is 11.4. The summed E-state index contributed by atoms with van der Waals surface area (Å²) in [5, 5.41) is 0. The maximum absolute atomic E-state index is 12.1. The van der Waals surface area contributed by atoms with Crippen LogP contribution in [0.25, 0.3) is 0 Å². The Bertz CT molecular complexity index is 545. The van der Waals surface area contributed by atoms with Crippen molar-refractivity contribution >= 4 is 11.9 Å². The second kappa shape index (κ2) is 4.18. The van der Waals surface area contributed by atoms with Crippen molar-refractivity contribution in [1.82, 2.24) is 0 Å². The third-order valence-corrected chi connectivity index (χ3v) is 4.41. The van der Waals surface area contributed by atoms with Gasteiger partial charge in [0.25, 0.3) is 0 Å². The van der Waals surface area contributed by atoms with Crippen LogP contribution in [0.4, 0.5) is 0 Å². The van der Waals surface area contributed by atoms with Crippen LogP contribution in [0.5, 0.6) is 0 Å². The minimum absolute atomic E-state index is 0.176. The largest absolute Gasteiger partial charge is 0.294 e. The summed E-state index contributed by atoms with van der Waals surface area (Å²) in [5.41, 5.74) is 1.20. The Balaban J connectivity index is 2.23. The van der Waals surface area contributed by atoms with E-state index in [-0.39, 0.29) is 11.7 Å². The van der Waals surface area contributed by atoms with Crippen molar-refractivity contribution in [1.29, 1.82) is 0 Å². The molecular formula is C15H15NO2. The molecule has 1 saturated carbocycles. The van der Waals surface area contributed by atoms with Gasteiger partial charge in [-0.15, -0.1) is 0 Å². The summed E-state index contributed by atoms with van der Waals surface area (Å²) in [7, 11) is 0. The highest BCUT2D eigenvalue weighted by molar-refractivity contribution is 5.99. The summed E-state index contributed by atoms with van der Waals surface area (Å²) < 4.78 is 0. The first-order chi connectivity index (χ1) is 8.78. The van der Waals surface area contributed by atoms with Crippen molar-refractivity contribution in [2.45, 2.75) is 37.6 Å². The molecule has 0 unspecified atom stereocenters. The molecule has 0 aromatic heterocycles. The highest BCUT2D eigenvalue weighted by Gasteiger charge is 2.48. The molecule has 2 aliphatic rings. The Morgan fingerprint density at radius 3 is 2.94 bits per heavy atom. The first-order valence-electron chi connectivity index (χ1n) is 6.50. The predicted molar refractivity (Wildman–Crippen MR) is 67.1 cm³/mol. The van der Waals surface area contributed by atoms with E-state index in [0.29, 0.717) is 6.42 Å². The molecule has 92 valence electrons. The zero-order valence-corrected chi connectivity index (χ0v) is 10.2. The van der Waals surface area contributed by atoms with Crippen LogP contribution in [0.3, 0.4) is 0 Å². The highest BCUT2D eigenvalue weighted by atomic mass is 16.1. The smallest absolute Gasteiger partial charge is 0.235 e. The van der Waals surface area contributed by atoms with Gasteiger partial charge in [-0.3, -0.25) is 4.79 Å². The van der Waals surface area contributed by atoms with E-state index in [2.05, 4.69) is 4.99 Å². The van der Waals surface area contributed by atoms with Crippen LogP contribution < -0.4 is 0 Å². The Kier molecular flexibility index (Phi) is 2.64. The lowest BCUT2D eigenvalue weighted by molar-refractivity contribution is 0.0849. The van der Waals surface area contributed by atoms with E-state index in [0.717, 1.165) is 36.8 Å². The molecule has 2 aliphatic carbocycles. The van der Waals surface area contributed by atoms with Gasteiger partial charge in [-0.05, 0) is 24.3 Å². The summed E-state index contributed by atoms with van der Waals surface area (Å²) in [6, 6.07) is 7.60. The Hall–Kier alpha value is -1.73. The van der Waals surface area contributed by atoms with Crippen LogP contribution in [0.1, 0.15) is 48.0 Å². The number of carbonyl (C=O) groups excluding carboxylic acids is 2. The van der Waals surface area contributed by atoms with Gasteiger partial charge < -0.3 is 0 Å². The molecule has 1 aromatic carbocycles. The number of aliphatic imine (C=N–C) groups is 1. The van der Waals surface area contributed by atoms with Crippen molar-refractivity contribution in [3.63, 3.8) is 0 Å². The van der Waals surface area contributed by atoms with Crippen LogP contribution in [0, 0.1) is 5.92 Å². The lowest BCUT2D eigenvalue weighted by Crippen LogP contribution is -2.42. The summed E-state index contributed by atoms with van der Waals surface area (Å²) in [6.45, 7) is 0. The molecule has 2 atom stereocenters. The van der Waals surface area contributed by atoms with E-state index in [1.54, 1.807) is 6.08 Å². The molecule has 1 aromatic rings. The molecule has 3 rings (SSSR count). The molecule has 0 N–H and O–H groups in total. The number of rotatable bonds is 1. The molecule has 3 heteroatoms. The fourth-order valence-corrected chi connectivity index (χ4v) is 3.58. The summed E-state index contributed by atoms with van der Waals surface area (Å²) in [5.74, 6) is 0.365. The average Bonchev–Trinajstić information content (AvgIpc) is 2.41. The van der Waals surface area contributed by atoms with Gasteiger partial charge in [-0.25, -0.2) is 4.79 Å². The van der Waals surface area contributed by atoms with Gasteiger partial charge in [0.15, 0.2) is 5.78 Å². The van der Waals surface area contributed by atoms with Crippen molar-refractivity contribution < 1.29 is 9.59 Å². The Morgan fingerprint density at radius 1 is 1.28 bits per heavy atom. The standard InChI is InChI=1S/C15H15NO2/c17-10-16-15-8-4-3-5-11(15)9-14(18)12-6-1-2-7-13(12)15/h1-2,6-7,11H,3-5,8-9H2/t11-,15+/m1/s1. The number of Topliss-reactive ketones (excluding diaryl/α,β-unsaturated/α-hetero) is 1. The van der Waals surface area contributed by atoms with E-state index < -0.39 is 5.54 Å². The number of ketones is 1. The normalized spacial score (nSPS) is 30.0. The second-order valence-corrected chi connectivity index (χ2v) is 5.24. The lowest BCUT2D eigenvalue weighted by Gasteiger charge is -2.44. The minimum Gasteiger partial charge on any atom is -0.294 e. The molecule has 18 heavy (non-hydrogen) atoms. The van der Waals surface area contributed by atoms with Gasteiger partial charge in [-0.2, -0.15) is 4.99 Å². The maximum atomic E-state index is 12.1. The molecule has 0 amide bonds. The number of benzene rings is 1. The van der Waals surface area contributed by atoms with Crippen molar-refractivity contribution in [2.24, 2.45) is 10.9 Å². The van der Waals surface area contributed by atoms with E-state index >= 15 is 0 Å². The summed E-state index contributed by atoms with van der Waals surface area (Å²) in [4.78, 5) is 27.1. The molecule has 0 radical (unpaired) electrons. The third kappa shape index (κ3) is 1.48. The minimum atomic E-state index is -0.482. The quantitative estimate of drug-likeness (QED) is 0.560.